The number of hydrogen-bond donors (Lipinski definition) is 0. The van der Waals surface area contributed by atoms with Gasteiger partial charge in [-0.25, -0.2) is 8.78 Å². The molecule has 0 aliphatic carbocycles. The molecule has 106 valence electrons. The molecule has 0 atom stereocenters. The summed E-state index contributed by atoms with van der Waals surface area (Å²) in [5.41, 5.74) is 0. The molecule has 0 radical (unpaired) electrons. The van der Waals surface area contributed by atoms with Crippen LogP contribution in [0.5, 0.6) is 11.5 Å². The molecule has 0 saturated carbocycles. The lowest BCUT2D eigenvalue weighted by molar-refractivity contribution is 0.413. The maximum absolute atomic E-state index is 13.4. The van der Waals surface area contributed by atoms with E-state index in [1.165, 1.54) is 31.4 Å². The Morgan fingerprint density at radius 1 is 0.950 bits per heavy atom. The van der Waals surface area contributed by atoms with E-state index in [1.807, 2.05) is 0 Å². The predicted octanol–water partition coefficient (Wildman–Crippen LogP) is 2.74. The highest BCUT2D eigenvalue weighted by Gasteiger charge is 2.22. The summed E-state index contributed by atoms with van der Waals surface area (Å²) in [6.07, 6.45) is 0. The van der Waals surface area contributed by atoms with Crippen molar-refractivity contribution in [2.24, 2.45) is 0 Å². The number of rotatable bonds is 4. The van der Waals surface area contributed by atoms with E-state index in [0.717, 1.165) is 12.1 Å². The predicted molar refractivity (Wildman–Crippen MR) is 67.2 cm³/mol. The topological polar surface area (TPSA) is 52.6 Å². The maximum Gasteiger partial charge on any atom is 0.342 e. The van der Waals surface area contributed by atoms with Crippen LogP contribution in [0.15, 0.2) is 47.4 Å². The summed E-state index contributed by atoms with van der Waals surface area (Å²) in [4.78, 5) is -0.853. The van der Waals surface area contributed by atoms with E-state index in [1.54, 1.807) is 0 Å². The molecule has 0 amide bonds. The Morgan fingerprint density at radius 2 is 1.55 bits per heavy atom. The Morgan fingerprint density at radius 3 is 2.15 bits per heavy atom. The molecule has 0 bridgehead atoms. The third kappa shape index (κ3) is 3.05. The van der Waals surface area contributed by atoms with Gasteiger partial charge in [-0.1, -0.05) is 0 Å². The van der Waals surface area contributed by atoms with E-state index in [0.29, 0.717) is 11.8 Å². The van der Waals surface area contributed by atoms with Crippen LogP contribution in [-0.2, 0) is 10.1 Å². The number of halogens is 2. The van der Waals surface area contributed by atoms with Crippen LogP contribution in [0.3, 0.4) is 0 Å². The van der Waals surface area contributed by atoms with Crippen LogP contribution in [-0.4, -0.2) is 15.5 Å². The third-order valence-corrected chi connectivity index (χ3v) is 3.69. The van der Waals surface area contributed by atoms with E-state index < -0.39 is 26.6 Å². The van der Waals surface area contributed by atoms with Gasteiger partial charge in [-0.05, 0) is 42.5 Å². The average molecular weight is 300 g/mol. The molecule has 0 heterocycles. The number of methoxy groups -OCH3 is 1. The SMILES string of the molecule is COc1ccc(OS(=O)(=O)c2cc(F)ccc2F)cc1. The van der Waals surface area contributed by atoms with Gasteiger partial charge >= 0.3 is 10.1 Å². The van der Waals surface area contributed by atoms with E-state index in [2.05, 4.69) is 0 Å². The molecule has 0 spiro atoms. The molecule has 2 aromatic rings. The second kappa shape index (κ2) is 5.46. The molecule has 20 heavy (non-hydrogen) atoms. The van der Waals surface area contributed by atoms with E-state index in [4.69, 9.17) is 8.92 Å². The molecule has 2 aromatic carbocycles. The highest BCUT2D eigenvalue weighted by atomic mass is 32.2. The normalized spacial score (nSPS) is 11.2. The first-order valence-corrected chi connectivity index (χ1v) is 6.87. The van der Waals surface area contributed by atoms with Gasteiger partial charge in [-0.3, -0.25) is 0 Å². The van der Waals surface area contributed by atoms with Crippen LogP contribution >= 0.6 is 0 Å². The molecule has 0 aromatic heterocycles. The molecule has 4 nitrogen and oxygen atoms in total. The zero-order chi connectivity index (χ0) is 14.8. The van der Waals surface area contributed by atoms with Gasteiger partial charge in [-0.2, -0.15) is 8.42 Å². The smallest absolute Gasteiger partial charge is 0.342 e. The fourth-order valence-corrected chi connectivity index (χ4v) is 2.49. The highest BCUT2D eigenvalue weighted by Crippen LogP contribution is 2.23. The van der Waals surface area contributed by atoms with Crippen molar-refractivity contribution in [3.8, 4) is 11.5 Å². The van der Waals surface area contributed by atoms with Crippen molar-refractivity contribution in [1.82, 2.24) is 0 Å². The van der Waals surface area contributed by atoms with Crippen molar-refractivity contribution in [2.75, 3.05) is 7.11 Å². The first kappa shape index (κ1) is 14.3. The van der Waals surface area contributed by atoms with Crippen LogP contribution in [0.1, 0.15) is 0 Å². The summed E-state index contributed by atoms with van der Waals surface area (Å²) in [6.45, 7) is 0. The summed E-state index contributed by atoms with van der Waals surface area (Å²) < 4.78 is 59.8. The lowest BCUT2D eigenvalue weighted by atomic mass is 10.3. The first-order valence-electron chi connectivity index (χ1n) is 5.46. The zero-order valence-electron chi connectivity index (χ0n) is 10.3. The quantitative estimate of drug-likeness (QED) is 0.815. The van der Waals surface area contributed by atoms with E-state index in [9.17, 15) is 17.2 Å². The Bertz CT molecular complexity index is 712. The summed E-state index contributed by atoms with van der Waals surface area (Å²) >= 11 is 0. The minimum atomic E-state index is -4.44. The van der Waals surface area contributed by atoms with E-state index >= 15 is 0 Å². The summed E-state index contributed by atoms with van der Waals surface area (Å²) in [5.74, 6) is -1.48. The highest BCUT2D eigenvalue weighted by molar-refractivity contribution is 7.87. The molecule has 0 fully saturated rings. The lowest BCUT2D eigenvalue weighted by Gasteiger charge is -2.08. The van der Waals surface area contributed by atoms with Crippen LogP contribution < -0.4 is 8.92 Å². The molecule has 0 aliphatic heterocycles. The van der Waals surface area contributed by atoms with E-state index in [-0.39, 0.29) is 5.75 Å². The fraction of sp³-hybridized carbons (Fsp3) is 0.0769. The van der Waals surface area contributed by atoms with Gasteiger partial charge in [-0.15, -0.1) is 0 Å². The Kier molecular flexibility index (Phi) is 3.89. The molecule has 0 unspecified atom stereocenters. The molecule has 0 aliphatic rings. The second-order valence-corrected chi connectivity index (χ2v) is 5.30. The number of benzene rings is 2. The van der Waals surface area contributed by atoms with Crippen molar-refractivity contribution in [3.63, 3.8) is 0 Å². The second-order valence-electron chi connectivity index (χ2n) is 3.79. The van der Waals surface area contributed by atoms with Crippen LogP contribution in [0.25, 0.3) is 0 Å². The van der Waals surface area contributed by atoms with Gasteiger partial charge in [0.2, 0.25) is 0 Å². The summed E-state index contributed by atoms with van der Waals surface area (Å²) in [7, 11) is -2.99. The van der Waals surface area contributed by atoms with Gasteiger partial charge in [0.05, 0.1) is 7.11 Å². The summed E-state index contributed by atoms with van der Waals surface area (Å²) in [5, 5.41) is 0. The largest absolute Gasteiger partial charge is 0.497 e. The van der Waals surface area contributed by atoms with Gasteiger partial charge in [0.1, 0.15) is 28.0 Å². The van der Waals surface area contributed by atoms with Gasteiger partial charge < -0.3 is 8.92 Å². The van der Waals surface area contributed by atoms with Crippen molar-refractivity contribution >= 4 is 10.1 Å². The molecule has 0 saturated heterocycles. The van der Waals surface area contributed by atoms with Gasteiger partial charge in [0.25, 0.3) is 0 Å². The average Bonchev–Trinajstić information content (AvgIpc) is 2.42. The Hall–Kier alpha value is -2.15. The molecule has 2 rings (SSSR count). The number of ether oxygens (including phenoxy) is 1. The lowest BCUT2D eigenvalue weighted by Crippen LogP contribution is -2.12. The fourth-order valence-electron chi connectivity index (χ4n) is 1.47. The van der Waals surface area contributed by atoms with Crippen molar-refractivity contribution in [3.05, 3.63) is 54.1 Å². The Balaban J connectivity index is 2.32. The van der Waals surface area contributed by atoms with Crippen molar-refractivity contribution in [2.45, 2.75) is 4.90 Å². The van der Waals surface area contributed by atoms with Crippen LogP contribution in [0.4, 0.5) is 8.78 Å². The van der Waals surface area contributed by atoms with Crippen molar-refractivity contribution in [1.29, 1.82) is 0 Å². The third-order valence-electron chi connectivity index (χ3n) is 2.43. The Labute approximate surface area is 114 Å². The molecule has 0 N–H and O–H groups in total. The zero-order valence-corrected chi connectivity index (χ0v) is 11.2. The number of hydrogen-bond acceptors (Lipinski definition) is 4. The minimum absolute atomic E-state index is 0.0329. The first-order chi connectivity index (χ1) is 9.42. The minimum Gasteiger partial charge on any atom is -0.497 e. The van der Waals surface area contributed by atoms with Crippen molar-refractivity contribution < 1.29 is 26.1 Å². The van der Waals surface area contributed by atoms with Crippen LogP contribution in [0.2, 0.25) is 0 Å². The molecular formula is C13H10F2O4S. The van der Waals surface area contributed by atoms with Crippen LogP contribution in [0, 0.1) is 11.6 Å². The monoisotopic (exact) mass is 300 g/mol. The molecule has 7 heteroatoms. The standard InChI is InChI=1S/C13H10F2O4S/c1-18-10-3-5-11(6-4-10)19-20(16,17)13-8-9(14)2-7-12(13)15/h2-8H,1H3. The molecular weight excluding hydrogens is 290 g/mol. The summed E-state index contributed by atoms with van der Waals surface area (Å²) in [6, 6.07) is 7.75. The maximum atomic E-state index is 13.4. The van der Waals surface area contributed by atoms with Gasteiger partial charge in [0.15, 0.2) is 0 Å². The van der Waals surface area contributed by atoms with Gasteiger partial charge in [0, 0.05) is 0 Å².